The first-order valence-corrected chi connectivity index (χ1v) is 8.52. The van der Waals surface area contributed by atoms with E-state index in [0.29, 0.717) is 16.8 Å². The number of nitrogens with two attached hydrogens (primary N) is 1. The van der Waals surface area contributed by atoms with Crippen LogP contribution in [-0.4, -0.2) is 47.2 Å². The number of alkyl halides is 3. The molecule has 11 heteroatoms. The van der Waals surface area contributed by atoms with E-state index in [1.165, 1.54) is 12.1 Å². The number of amides is 2. The molecule has 140 valence electrons. The lowest BCUT2D eigenvalue weighted by molar-refractivity contribution is -0.274. The summed E-state index contributed by atoms with van der Waals surface area (Å²) >= 11 is 1.04. The minimum atomic E-state index is -4.77. The zero-order valence-corrected chi connectivity index (χ0v) is 14.2. The zero-order valence-electron chi connectivity index (χ0n) is 13.4. The standard InChI is InChI=1S/C15H15F3N4O3S/c16-15(17,18)25-9-1-2-10-11(6-9)26-14(20-10)21-12(23)5-8-3-4-22(8)13(24)7-19/h1-2,6,8H,3-5,7,19H2,(H,20,21,23)/t8-/m0/s1. The Morgan fingerprint density at radius 1 is 1.42 bits per heavy atom. The second kappa shape index (κ2) is 7.08. The lowest BCUT2D eigenvalue weighted by Crippen LogP contribution is -2.54. The smallest absolute Gasteiger partial charge is 0.406 e. The van der Waals surface area contributed by atoms with E-state index in [1.807, 2.05) is 0 Å². The van der Waals surface area contributed by atoms with Gasteiger partial charge in [0.05, 0.1) is 16.8 Å². The van der Waals surface area contributed by atoms with Gasteiger partial charge in [0.25, 0.3) is 0 Å². The highest BCUT2D eigenvalue weighted by atomic mass is 32.1. The van der Waals surface area contributed by atoms with E-state index in [1.54, 1.807) is 4.90 Å². The van der Waals surface area contributed by atoms with Crippen LogP contribution in [0.1, 0.15) is 12.8 Å². The predicted molar refractivity (Wildman–Crippen MR) is 88.7 cm³/mol. The van der Waals surface area contributed by atoms with Gasteiger partial charge in [0.2, 0.25) is 11.8 Å². The maximum absolute atomic E-state index is 12.3. The number of rotatable bonds is 5. The Morgan fingerprint density at radius 3 is 2.81 bits per heavy atom. The molecule has 0 unspecified atom stereocenters. The van der Waals surface area contributed by atoms with Crippen molar-refractivity contribution in [3.05, 3.63) is 18.2 Å². The molecule has 1 aromatic carbocycles. The van der Waals surface area contributed by atoms with Crippen molar-refractivity contribution in [2.45, 2.75) is 25.2 Å². The molecule has 0 bridgehead atoms. The van der Waals surface area contributed by atoms with Crippen LogP contribution in [0.4, 0.5) is 18.3 Å². The highest BCUT2D eigenvalue weighted by Crippen LogP contribution is 2.32. The third-order valence-corrected chi connectivity index (χ3v) is 4.83. The second-order valence-electron chi connectivity index (χ2n) is 5.68. The predicted octanol–water partition coefficient (Wildman–Crippen LogP) is 2.08. The van der Waals surface area contributed by atoms with Crippen molar-refractivity contribution in [3.8, 4) is 5.75 Å². The van der Waals surface area contributed by atoms with Crippen LogP contribution in [-0.2, 0) is 9.59 Å². The van der Waals surface area contributed by atoms with Gasteiger partial charge >= 0.3 is 6.36 Å². The average molecular weight is 388 g/mol. The highest BCUT2D eigenvalue weighted by Gasteiger charge is 2.33. The fraction of sp³-hybridized carbons (Fsp3) is 0.400. The Bertz CT molecular complexity index is 839. The molecule has 1 saturated heterocycles. The quantitative estimate of drug-likeness (QED) is 0.817. The van der Waals surface area contributed by atoms with Crippen LogP contribution in [0, 0.1) is 0 Å². The van der Waals surface area contributed by atoms with Crippen LogP contribution in [0.2, 0.25) is 0 Å². The van der Waals surface area contributed by atoms with Crippen LogP contribution in [0.3, 0.4) is 0 Å². The van der Waals surface area contributed by atoms with Gasteiger partial charge in [-0.05, 0) is 18.6 Å². The van der Waals surface area contributed by atoms with Gasteiger partial charge < -0.3 is 20.7 Å². The summed E-state index contributed by atoms with van der Waals surface area (Å²) in [5.41, 5.74) is 5.76. The summed E-state index contributed by atoms with van der Waals surface area (Å²) in [7, 11) is 0. The number of carbonyl (C=O) groups excluding carboxylic acids is 2. The monoisotopic (exact) mass is 388 g/mol. The number of carbonyl (C=O) groups is 2. The minimum Gasteiger partial charge on any atom is -0.406 e. The van der Waals surface area contributed by atoms with Crippen molar-refractivity contribution in [1.29, 1.82) is 0 Å². The summed E-state index contributed by atoms with van der Waals surface area (Å²) in [6.07, 6.45) is -3.94. The number of benzene rings is 1. The number of nitrogens with one attached hydrogen (secondary N) is 1. The fourth-order valence-corrected chi connectivity index (χ4v) is 3.55. The summed E-state index contributed by atoms with van der Waals surface area (Å²) in [6, 6.07) is 3.57. The maximum Gasteiger partial charge on any atom is 0.573 e. The van der Waals surface area contributed by atoms with E-state index in [2.05, 4.69) is 15.0 Å². The number of hydrogen-bond donors (Lipinski definition) is 2. The van der Waals surface area contributed by atoms with E-state index in [4.69, 9.17) is 5.73 Å². The number of halogens is 3. The van der Waals surface area contributed by atoms with Crippen molar-refractivity contribution in [2.75, 3.05) is 18.4 Å². The molecule has 1 atom stereocenters. The van der Waals surface area contributed by atoms with Crippen molar-refractivity contribution in [3.63, 3.8) is 0 Å². The molecule has 0 radical (unpaired) electrons. The van der Waals surface area contributed by atoms with E-state index in [9.17, 15) is 22.8 Å². The van der Waals surface area contributed by atoms with Crippen LogP contribution >= 0.6 is 11.3 Å². The molecule has 1 fully saturated rings. The molecular formula is C15H15F3N4O3S. The molecule has 0 spiro atoms. The molecule has 2 amide bonds. The molecule has 3 rings (SSSR count). The number of aromatic nitrogens is 1. The SMILES string of the molecule is NCC(=O)N1CC[C@H]1CC(=O)Nc1nc2ccc(OC(F)(F)F)cc2s1. The molecule has 0 saturated carbocycles. The first-order chi connectivity index (χ1) is 12.2. The molecule has 1 aliphatic rings. The third-order valence-electron chi connectivity index (χ3n) is 3.90. The lowest BCUT2D eigenvalue weighted by Gasteiger charge is -2.40. The van der Waals surface area contributed by atoms with Crippen LogP contribution in [0.5, 0.6) is 5.75 Å². The van der Waals surface area contributed by atoms with Crippen LogP contribution in [0.25, 0.3) is 10.2 Å². The number of hydrogen-bond acceptors (Lipinski definition) is 6. The van der Waals surface area contributed by atoms with E-state index < -0.39 is 6.36 Å². The largest absolute Gasteiger partial charge is 0.573 e. The molecule has 2 aromatic rings. The van der Waals surface area contributed by atoms with E-state index >= 15 is 0 Å². The Morgan fingerprint density at radius 2 is 2.19 bits per heavy atom. The number of thiazole rings is 1. The number of anilines is 1. The summed E-state index contributed by atoms with van der Waals surface area (Å²) in [5.74, 6) is -0.876. The molecule has 1 aromatic heterocycles. The Labute approximate surface area is 149 Å². The molecule has 26 heavy (non-hydrogen) atoms. The van der Waals surface area contributed by atoms with Crippen LogP contribution < -0.4 is 15.8 Å². The van der Waals surface area contributed by atoms with Crippen molar-refractivity contribution in [2.24, 2.45) is 5.73 Å². The number of ether oxygens (including phenoxy) is 1. The van der Waals surface area contributed by atoms with Gasteiger partial charge in [-0.3, -0.25) is 9.59 Å². The number of likely N-dealkylation sites (tertiary alicyclic amines) is 1. The molecule has 2 heterocycles. The van der Waals surface area contributed by atoms with Crippen molar-refractivity contribution in [1.82, 2.24) is 9.88 Å². The fourth-order valence-electron chi connectivity index (χ4n) is 2.64. The molecule has 1 aliphatic heterocycles. The van der Waals surface area contributed by atoms with E-state index in [0.717, 1.165) is 23.8 Å². The highest BCUT2D eigenvalue weighted by molar-refractivity contribution is 7.22. The summed E-state index contributed by atoms with van der Waals surface area (Å²) in [5, 5.41) is 2.88. The Balaban J connectivity index is 1.63. The van der Waals surface area contributed by atoms with Gasteiger partial charge in [-0.25, -0.2) is 4.98 Å². The van der Waals surface area contributed by atoms with Gasteiger partial charge in [0.1, 0.15) is 5.75 Å². The summed E-state index contributed by atoms with van der Waals surface area (Å²) < 4.78 is 41.1. The normalized spacial score (nSPS) is 17.1. The summed E-state index contributed by atoms with van der Waals surface area (Å²) in [4.78, 5) is 29.4. The van der Waals surface area contributed by atoms with Crippen LogP contribution in [0.15, 0.2) is 18.2 Å². The Kier molecular flexibility index (Phi) is 5.01. The van der Waals surface area contributed by atoms with Gasteiger partial charge in [0.15, 0.2) is 5.13 Å². The first kappa shape index (κ1) is 18.4. The minimum absolute atomic E-state index is 0.0989. The zero-order chi connectivity index (χ0) is 18.9. The number of nitrogens with zero attached hydrogens (tertiary/aromatic N) is 2. The third kappa shape index (κ3) is 4.22. The topological polar surface area (TPSA) is 97.6 Å². The van der Waals surface area contributed by atoms with Crippen molar-refractivity contribution >= 4 is 38.5 Å². The molecular weight excluding hydrogens is 373 g/mol. The number of fused-ring (bicyclic) bond motifs is 1. The van der Waals surface area contributed by atoms with Gasteiger partial charge in [-0.15, -0.1) is 13.2 Å². The van der Waals surface area contributed by atoms with E-state index in [-0.39, 0.29) is 41.7 Å². The molecule has 0 aliphatic carbocycles. The summed E-state index contributed by atoms with van der Waals surface area (Å²) in [6.45, 7) is 0.482. The van der Waals surface area contributed by atoms with Gasteiger partial charge in [0, 0.05) is 25.1 Å². The molecule has 3 N–H and O–H groups in total. The average Bonchev–Trinajstić information content (AvgIpc) is 2.91. The van der Waals surface area contributed by atoms with Gasteiger partial charge in [-0.2, -0.15) is 0 Å². The maximum atomic E-state index is 12.3. The van der Waals surface area contributed by atoms with Gasteiger partial charge in [-0.1, -0.05) is 11.3 Å². The second-order valence-corrected chi connectivity index (χ2v) is 6.71. The van der Waals surface area contributed by atoms with Crippen molar-refractivity contribution < 1.29 is 27.5 Å². The lowest BCUT2D eigenvalue weighted by atomic mass is 9.99. The first-order valence-electron chi connectivity index (χ1n) is 7.71. The molecule has 7 nitrogen and oxygen atoms in total. The Hall–Kier alpha value is -2.40.